The minimum atomic E-state index is -4.90. The summed E-state index contributed by atoms with van der Waals surface area (Å²) in [6.45, 7) is 0.976. The van der Waals surface area contributed by atoms with Gasteiger partial charge < -0.3 is 9.74 Å². The van der Waals surface area contributed by atoms with Crippen LogP contribution in [0.1, 0.15) is 35.1 Å². The van der Waals surface area contributed by atoms with E-state index in [2.05, 4.69) is 5.16 Å². The molecule has 2 fully saturated rings. The fraction of sp³-hybridized carbons (Fsp3) is 0.440. The van der Waals surface area contributed by atoms with Gasteiger partial charge in [-0.2, -0.15) is 13.2 Å². The second-order valence-electron chi connectivity index (χ2n) is 10.5. The van der Waals surface area contributed by atoms with Gasteiger partial charge in [0.2, 0.25) is 5.91 Å². The Morgan fingerprint density at radius 3 is 2.37 bits per heavy atom. The van der Waals surface area contributed by atoms with Crippen LogP contribution in [0.4, 0.5) is 17.6 Å². The Kier molecular flexibility index (Phi) is 5.66. The minimum absolute atomic E-state index is 0.0826. The highest BCUT2D eigenvalue weighted by molar-refractivity contribution is 7.92. The van der Waals surface area contributed by atoms with Gasteiger partial charge in [-0.1, -0.05) is 40.5 Å². The van der Waals surface area contributed by atoms with Crippen LogP contribution in [0.5, 0.6) is 0 Å². The molecule has 6 rings (SSSR count). The van der Waals surface area contributed by atoms with Gasteiger partial charge in [0.1, 0.15) is 0 Å². The molecule has 38 heavy (non-hydrogen) atoms. The molecule has 1 aliphatic carbocycles. The quantitative estimate of drug-likeness (QED) is 0.381. The third-order valence-electron chi connectivity index (χ3n) is 8.08. The molecule has 0 N–H and O–H groups in total. The van der Waals surface area contributed by atoms with Gasteiger partial charge in [0.25, 0.3) is 5.60 Å². The number of likely N-dealkylation sites (tertiary alicyclic amines) is 1. The Hall–Kier alpha value is -2.37. The number of amides is 1. The van der Waals surface area contributed by atoms with Gasteiger partial charge in [-0.15, -0.1) is 0 Å². The van der Waals surface area contributed by atoms with E-state index in [9.17, 15) is 30.8 Å². The van der Waals surface area contributed by atoms with Crippen LogP contribution >= 0.6 is 23.2 Å². The van der Waals surface area contributed by atoms with E-state index in [1.165, 1.54) is 0 Å². The molecule has 2 aromatic rings. The Morgan fingerprint density at radius 2 is 1.76 bits per heavy atom. The number of aryl methyl sites for hydroxylation is 1. The van der Waals surface area contributed by atoms with E-state index < -0.39 is 55.4 Å². The van der Waals surface area contributed by atoms with E-state index in [-0.39, 0.29) is 28.5 Å². The number of halogens is 6. The molecular formula is C25H20Cl2F4N2O4S. The predicted octanol–water partition coefficient (Wildman–Crippen LogP) is 4.79. The van der Waals surface area contributed by atoms with E-state index in [4.69, 9.17) is 28.0 Å². The number of carbonyl (C=O) groups is 1. The Morgan fingerprint density at radius 1 is 1.11 bits per heavy atom. The monoisotopic (exact) mass is 590 g/mol. The van der Waals surface area contributed by atoms with Crippen LogP contribution in [-0.4, -0.2) is 55.7 Å². The van der Waals surface area contributed by atoms with Gasteiger partial charge >= 0.3 is 6.18 Å². The first-order valence-corrected chi connectivity index (χ1v) is 14.4. The van der Waals surface area contributed by atoms with Crippen LogP contribution in [-0.2, 0) is 36.9 Å². The summed E-state index contributed by atoms with van der Waals surface area (Å²) in [6, 6.07) is 7.04. The first-order chi connectivity index (χ1) is 17.7. The largest absolute Gasteiger partial charge is 0.435 e. The predicted molar refractivity (Wildman–Crippen MR) is 132 cm³/mol. The van der Waals surface area contributed by atoms with Gasteiger partial charge in [0.15, 0.2) is 15.7 Å². The van der Waals surface area contributed by atoms with Crippen molar-refractivity contribution in [2.45, 2.75) is 36.5 Å². The number of nitrogens with zero attached hydrogens (tertiary/aromatic N) is 2. The fourth-order valence-corrected chi connectivity index (χ4v) is 7.89. The van der Waals surface area contributed by atoms with Gasteiger partial charge in [-0.05, 0) is 47.7 Å². The molecule has 0 bridgehead atoms. The molecule has 3 aliphatic heterocycles. The average Bonchev–Trinajstić information content (AvgIpc) is 3.42. The van der Waals surface area contributed by atoms with E-state index in [1.54, 1.807) is 17.0 Å². The lowest BCUT2D eigenvalue weighted by Crippen LogP contribution is -2.63. The molecule has 1 amide bonds. The lowest BCUT2D eigenvalue weighted by molar-refractivity contribution is -0.275. The van der Waals surface area contributed by atoms with Crippen molar-refractivity contribution in [1.29, 1.82) is 0 Å². The zero-order chi connectivity index (χ0) is 27.3. The zero-order valence-electron chi connectivity index (χ0n) is 19.6. The number of sulfone groups is 1. The first kappa shape index (κ1) is 25.9. The molecule has 0 aromatic heterocycles. The van der Waals surface area contributed by atoms with Crippen molar-refractivity contribution in [1.82, 2.24) is 4.90 Å². The molecule has 202 valence electrons. The SMILES string of the molecule is O=C(C1CS(=O)(=O)C1)N1CC2(CCc3cc(C4=NO[C@](c5cc(Cl)c(F)c(Cl)c5)(C(F)(F)F)C4)ccc32)C1. The molecular weight excluding hydrogens is 571 g/mol. The Balaban J connectivity index is 1.22. The van der Waals surface area contributed by atoms with Crippen molar-refractivity contribution in [2.24, 2.45) is 11.1 Å². The van der Waals surface area contributed by atoms with Crippen LogP contribution in [0.25, 0.3) is 0 Å². The van der Waals surface area contributed by atoms with Crippen molar-refractivity contribution in [3.63, 3.8) is 0 Å². The summed E-state index contributed by atoms with van der Waals surface area (Å²) in [6.07, 6.45) is -4.08. The highest BCUT2D eigenvalue weighted by Crippen LogP contribution is 2.51. The number of hydrogen-bond donors (Lipinski definition) is 0. The maximum absolute atomic E-state index is 14.3. The second kappa shape index (κ2) is 8.32. The molecule has 1 atom stereocenters. The topological polar surface area (TPSA) is 76.0 Å². The molecule has 3 heterocycles. The smallest absolute Gasteiger partial charge is 0.374 e. The average molecular weight is 591 g/mol. The van der Waals surface area contributed by atoms with Crippen molar-refractivity contribution in [2.75, 3.05) is 24.6 Å². The fourth-order valence-electron chi connectivity index (χ4n) is 5.99. The molecule has 0 unspecified atom stereocenters. The lowest BCUT2D eigenvalue weighted by atomic mass is 9.74. The molecule has 0 radical (unpaired) electrons. The van der Waals surface area contributed by atoms with Gasteiger partial charge in [-0.25, -0.2) is 12.8 Å². The highest BCUT2D eigenvalue weighted by Gasteiger charge is 2.62. The van der Waals surface area contributed by atoms with E-state index >= 15 is 0 Å². The van der Waals surface area contributed by atoms with Crippen molar-refractivity contribution >= 4 is 44.7 Å². The van der Waals surface area contributed by atoms with Gasteiger partial charge in [0, 0.05) is 30.5 Å². The van der Waals surface area contributed by atoms with E-state index in [1.807, 2.05) is 6.07 Å². The molecule has 6 nitrogen and oxygen atoms in total. The summed E-state index contributed by atoms with van der Waals surface area (Å²) in [5, 5.41) is 2.67. The Labute approximate surface area is 225 Å². The molecule has 4 aliphatic rings. The summed E-state index contributed by atoms with van der Waals surface area (Å²) in [5.41, 5.74) is -1.01. The summed E-state index contributed by atoms with van der Waals surface area (Å²) < 4.78 is 79.7. The van der Waals surface area contributed by atoms with Crippen LogP contribution in [0.2, 0.25) is 10.0 Å². The number of fused-ring (bicyclic) bond motifs is 2. The summed E-state index contributed by atoms with van der Waals surface area (Å²) in [4.78, 5) is 19.3. The zero-order valence-corrected chi connectivity index (χ0v) is 21.9. The summed E-state index contributed by atoms with van der Waals surface area (Å²) in [5.74, 6) is -1.84. The summed E-state index contributed by atoms with van der Waals surface area (Å²) in [7, 11) is -3.09. The first-order valence-electron chi connectivity index (χ1n) is 11.8. The second-order valence-corrected chi connectivity index (χ2v) is 13.5. The van der Waals surface area contributed by atoms with Crippen LogP contribution in [0.15, 0.2) is 35.5 Å². The molecule has 2 saturated heterocycles. The van der Waals surface area contributed by atoms with Crippen molar-refractivity contribution < 1.29 is 35.6 Å². The van der Waals surface area contributed by atoms with Gasteiger partial charge in [0.05, 0.1) is 33.2 Å². The van der Waals surface area contributed by atoms with Crippen molar-refractivity contribution in [3.05, 3.63) is 68.4 Å². The normalized spacial score (nSPS) is 25.4. The van der Waals surface area contributed by atoms with Gasteiger partial charge in [-0.3, -0.25) is 4.79 Å². The number of carbonyl (C=O) groups excluding carboxylic acids is 1. The molecule has 0 saturated carbocycles. The van der Waals surface area contributed by atoms with Crippen LogP contribution in [0.3, 0.4) is 0 Å². The summed E-state index contributed by atoms with van der Waals surface area (Å²) >= 11 is 11.5. The highest BCUT2D eigenvalue weighted by atomic mass is 35.5. The molecule has 2 aromatic carbocycles. The van der Waals surface area contributed by atoms with Crippen molar-refractivity contribution in [3.8, 4) is 0 Å². The number of benzene rings is 2. The van der Waals surface area contributed by atoms with Crippen LogP contribution in [0, 0.1) is 11.7 Å². The minimum Gasteiger partial charge on any atom is -0.374 e. The lowest BCUT2D eigenvalue weighted by Gasteiger charge is -2.50. The number of rotatable bonds is 3. The number of oxime groups is 1. The third-order valence-corrected chi connectivity index (χ3v) is 10.4. The standard InChI is InChI=1S/C25H20Cl2F4N2O4S/c26-18-6-16(7-19(27)21(18)28)24(25(29,30)31)8-20(32-37-24)14-1-2-17-13(5-14)3-4-23(17)11-33(12-23)22(34)15-9-38(35,36)10-15/h1-2,5-7,15H,3-4,8-12H2/t24-/m1/s1. The van der Waals surface area contributed by atoms with Crippen LogP contribution < -0.4 is 0 Å². The maximum atomic E-state index is 14.3. The molecule has 13 heteroatoms. The van der Waals surface area contributed by atoms with E-state index in [0.717, 1.165) is 29.7 Å². The third kappa shape index (κ3) is 3.83. The Bertz CT molecular complexity index is 1490. The maximum Gasteiger partial charge on any atom is 0.435 e. The number of alkyl halides is 3. The molecule has 1 spiro atoms. The number of hydrogen-bond acceptors (Lipinski definition) is 5. The van der Waals surface area contributed by atoms with E-state index in [0.29, 0.717) is 25.1 Å².